The third kappa shape index (κ3) is 2.18. The quantitative estimate of drug-likeness (QED) is 0.640. The Hall–Kier alpha value is -1.10. The number of hydrogen-bond donors (Lipinski definition) is 1. The van der Waals surface area contributed by atoms with Crippen LogP contribution in [0, 0.1) is 0 Å². The molecule has 0 atom stereocenters. The molecule has 0 aliphatic rings. The van der Waals surface area contributed by atoms with Gasteiger partial charge in [-0.2, -0.15) is 0 Å². The van der Waals surface area contributed by atoms with E-state index in [1.54, 1.807) is 13.1 Å². The first kappa shape index (κ1) is 9.98. The van der Waals surface area contributed by atoms with Crippen molar-refractivity contribution in [3.05, 3.63) is 33.9 Å². The molecule has 1 heterocycles. The highest BCUT2D eigenvalue weighted by molar-refractivity contribution is 9.10. The van der Waals surface area contributed by atoms with Crippen molar-refractivity contribution in [3.63, 3.8) is 0 Å². The molecule has 0 aliphatic heterocycles. The fraction of sp³-hybridized carbons (Fsp3) is 0.250. The van der Waals surface area contributed by atoms with E-state index in [1.807, 2.05) is 0 Å². The first-order valence-corrected chi connectivity index (χ1v) is 4.52. The summed E-state index contributed by atoms with van der Waals surface area (Å²) >= 11 is 3.19. The van der Waals surface area contributed by atoms with Crippen LogP contribution in [0.5, 0.6) is 0 Å². The second-order valence-electron chi connectivity index (χ2n) is 2.50. The number of rotatable bonds is 3. The zero-order valence-electron chi connectivity index (χ0n) is 7.25. The highest BCUT2D eigenvalue weighted by Crippen LogP contribution is 2.12. The molecule has 4 nitrogen and oxygen atoms in total. The molecule has 0 saturated heterocycles. The monoisotopic (exact) mass is 243 g/mol. The lowest BCUT2D eigenvalue weighted by molar-refractivity contribution is 0.819. The molecule has 0 radical (unpaired) electrons. The van der Waals surface area contributed by atoms with Crippen molar-refractivity contribution in [1.82, 2.24) is 9.55 Å². The minimum absolute atomic E-state index is 0.108. The fourth-order valence-corrected chi connectivity index (χ4v) is 1.24. The Morgan fingerprint density at radius 1 is 1.85 bits per heavy atom. The standard InChI is InChI=1S/C8H10BrN3O/c1-3-4-10-6-7(9)11-5-12(2)8(6)13/h3,5,10H,1,4H2,2H3. The van der Waals surface area contributed by atoms with E-state index >= 15 is 0 Å². The van der Waals surface area contributed by atoms with E-state index in [0.717, 1.165) is 0 Å². The SMILES string of the molecule is C=CCNc1c(Br)ncn(C)c1=O. The van der Waals surface area contributed by atoms with Crippen LogP contribution in [-0.4, -0.2) is 16.1 Å². The van der Waals surface area contributed by atoms with Crippen LogP contribution in [0.2, 0.25) is 0 Å². The highest BCUT2D eigenvalue weighted by atomic mass is 79.9. The maximum absolute atomic E-state index is 11.5. The summed E-state index contributed by atoms with van der Waals surface area (Å²) in [5.41, 5.74) is 0.355. The number of halogens is 1. The van der Waals surface area contributed by atoms with Crippen LogP contribution in [0.4, 0.5) is 5.69 Å². The van der Waals surface area contributed by atoms with Gasteiger partial charge in [-0.05, 0) is 15.9 Å². The maximum atomic E-state index is 11.5. The minimum Gasteiger partial charge on any atom is -0.375 e. The fourth-order valence-electron chi connectivity index (χ4n) is 0.842. The van der Waals surface area contributed by atoms with Gasteiger partial charge in [0.05, 0.1) is 6.33 Å². The molecule has 1 aromatic heterocycles. The van der Waals surface area contributed by atoms with Gasteiger partial charge in [0, 0.05) is 13.6 Å². The van der Waals surface area contributed by atoms with Crippen LogP contribution >= 0.6 is 15.9 Å². The van der Waals surface area contributed by atoms with Crippen LogP contribution in [0.15, 0.2) is 28.4 Å². The molecule has 0 aliphatic carbocycles. The van der Waals surface area contributed by atoms with Crippen molar-refractivity contribution < 1.29 is 0 Å². The van der Waals surface area contributed by atoms with Gasteiger partial charge in [-0.15, -0.1) is 6.58 Å². The molecular weight excluding hydrogens is 234 g/mol. The van der Waals surface area contributed by atoms with Crippen molar-refractivity contribution in [2.75, 3.05) is 11.9 Å². The van der Waals surface area contributed by atoms with Crippen molar-refractivity contribution >= 4 is 21.6 Å². The predicted molar refractivity (Wildman–Crippen MR) is 55.9 cm³/mol. The van der Waals surface area contributed by atoms with E-state index in [-0.39, 0.29) is 5.56 Å². The van der Waals surface area contributed by atoms with E-state index in [4.69, 9.17) is 0 Å². The Bertz CT molecular complexity index is 372. The van der Waals surface area contributed by atoms with Gasteiger partial charge < -0.3 is 9.88 Å². The normalized spacial score (nSPS) is 9.69. The zero-order chi connectivity index (χ0) is 9.84. The van der Waals surface area contributed by atoms with Gasteiger partial charge in [0.25, 0.3) is 5.56 Å². The Morgan fingerprint density at radius 2 is 2.54 bits per heavy atom. The summed E-state index contributed by atoms with van der Waals surface area (Å²) in [4.78, 5) is 15.5. The summed E-state index contributed by atoms with van der Waals surface area (Å²) in [5, 5.41) is 2.91. The van der Waals surface area contributed by atoms with Gasteiger partial charge in [0.1, 0.15) is 10.3 Å². The van der Waals surface area contributed by atoms with Crippen LogP contribution < -0.4 is 10.9 Å². The largest absolute Gasteiger partial charge is 0.375 e. The smallest absolute Gasteiger partial charge is 0.277 e. The lowest BCUT2D eigenvalue weighted by atomic mass is 10.5. The lowest BCUT2D eigenvalue weighted by Crippen LogP contribution is -2.22. The molecule has 0 fully saturated rings. The molecule has 0 spiro atoms. The Labute approximate surface area is 84.4 Å². The third-order valence-corrected chi connectivity index (χ3v) is 2.11. The van der Waals surface area contributed by atoms with E-state index in [9.17, 15) is 4.79 Å². The molecule has 0 bridgehead atoms. The van der Waals surface area contributed by atoms with Crippen molar-refractivity contribution in [3.8, 4) is 0 Å². The highest BCUT2D eigenvalue weighted by Gasteiger charge is 2.05. The molecule has 1 N–H and O–H groups in total. The molecule has 70 valence electrons. The number of nitrogens with one attached hydrogen (secondary N) is 1. The predicted octanol–water partition coefficient (Wildman–Crippen LogP) is 1.14. The molecule has 1 rings (SSSR count). The van der Waals surface area contributed by atoms with Gasteiger partial charge in [-0.3, -0.25) is 4.79 Å². The summed E-state index contributed by atoms with van der Waals surface area (Å²) in [5.74, 6) is 0. The molecule has 0 saturated carbocycles. The Morgan fingerprint density at radius 3 is 3.15 bits per heavy atom. The molecular formula is C8H10BrN3O. The molecule has 0 aromatic carbocycles. The van der Waals surface area contributed by atoms with E-state index in [1.165, 1.54) is 10.9 Å². The first-order chi connectivity index (χ1) is 6.16. The summed E-state index contributed by atoms with van der Waals surface area (Å²) in [6.45, 7) is 4.09. The minimum atomic E-state index is -0.108. The first-order valence-electron chi connectivity index (χ1n) is 3.72. The second kappa shape index (κ2) is 4.23. The molecule has 5 heteroatoms. The summed E-state index contributed by atoms with van der Waals surface area (Å²) in [6, 6.07) is 0. The number of hydrogen-bond acceptors (Lipinski definition) is 3. The topological polar surface area (TPSA) is 46.9 Å². The van der Waals surface area contributed by atoms with Gasteiger partial charge in [-0.25, -0.2) is 4.98 Å². The van der Waals surface area contributed by atoms with E-state index in [0.29, 0.717) is 16.8 Å². The average molecular weight is 244 g/mol. The van der Waals surface area contributed by atoms with E-state index in [2.05, 4.69) is 32.8 Å². The van der Waals surface area contributed by atoms with Crippen LogP contribution in [-0.2, 0) is 7.05 Å². The molecule has 0 unspecified atom stereocenters. The number of aromatic nitrogens is 2. The summed E-state index contributed by atoms with van der Waals surface area (Å²) in [7, 11) is 1.65. The summed E-state index contributed by atoms with van der Waals surface area (Å²) in [6.07, 6.45) is 3.14. The number of anilines is 1. The second-order valence-corrected chi connectivity index (χ2v) is 3.25. The Balaban J connectivity index is 3.10. The van der Waals surface area contributed by atoms with Crippen molar-refractivity contribution in [2.45, 2.75) is 0 Å². The average Bonchev–Trinajstić information content (AvgIpc) is 2.12. The third-order valence-electron chi connectivity index (χ3n) is 1.51. The Kier molecular flexibility index (Phi) is 3.25. The molecule has 0 amide bonds. The summed E-state index contributed by atoms with van der Waals surface area (Å²) < 4.78 is 1.94. The van der Waals surface area contributed by atoms with Crippen molar-refractivity contribution in [2.24, 2.45) is 7.05 Å². The van der Waals surface area contributed by atoms with Gasteiger partial charge >= 0.3 is 0 Å². The van der Waals surface area contributed by atoms with E-state index < -0.39 is 0 Å². The molecule has 13 heavy (non-hydrogen) atoms. The number of aryl methyl sites for hydroxylation is 1. The molecule has 1 aromatic rings. The zero-order valence-corrected chi connectivity index (χ0v) is 8.84. The van der Waals surface area contributed by atoms with Crippen LogP contribution in [0.25, 0.3) is 0 Å². The van der Waals surface area contributed by atoms with Gasteiger partial charge in [0.15, 0.2) is 0 Å². The number of nitrogens with zero attached hydrogens (tertiary/aromatic N) is 2. The lowest BCUT2D eigenvalue weighted by Gasteiger charge is -2.05. The maximum Gasteiger partial charge on any atom is 0.277 e. The van der Waals surface area contributed by atoms with Crippen LogP contribution in [0.1, 0.15) is 0 Å². The van der Waals surface area contributed by atoms with Gasteiger partial charge in [0.2, 0.25) is 0 Å². The van der Waals surface area contributed by atoms with Crippen molar-refractivity contribution in [1.29, 1.82) is 0 Å². The van der Waals surface area contributed by atoms with Gasteiger partial charge in [-0.1, -0.05) is 6.08 Å². The van der Waals surface area contributed by atoms with Crippen LogP contribution in [0.3, 0.4) is 0 Å².